The molecule has 3 atom stereocenters. The van der Waals surface area contributed by atoms with Crippen LogP contribution in [0.25, 0.3) is 0 Å². The zero-order chi connectivity index (χ0) is 34.5. The second-order valence-corrected chi connectivity index (χ2v) is 13.6. The summed E-state index contributed by atoms with van der Waals surface area (Å²) in [5.41, 5.74) is -0.250. The highest BCUT2D eigenvalue weighted by atomic mass is 35.5. The van der Waals surface area contributed by atoms with Crippen LogP contribution in [0, 0.1) is 5.92 Å². The summed E-state index contributed by atoms with van der Waals surface area (Å²) in [7, 11) is 0. The number of thioether (sulfide) groups is 1. The van der Waals surface area contributed by atoms with Gasteiger partial charge in [0.05, 0.1) is 44.4 Å². The maximum Gasteiger partial charge on any atom is 0.416 e. The lowest BCUT2D eigenvalue weighted by Gasteiger charge is -2.31. The maximum absolute atomic E-state index is 14.1. The molecule has 48 heavy (non-hydrogen) atoms. The number of halogens is 5. The first-order valence-corrected chi connectivity index (χ1v) is 16.7. The van der Waals surface area contributed by atoms with E-state index in [0.29, 0.717) is 10.4 Å². The molecule has 4 aromatic rings. The predicted molar refractivity (Wildman–Crippen MR) is 175 cm³/mol. The molecule has 6 rings (SSSR count). The van der Waals surface area contributed by atoms with Gasteiger partial charge in [0.25, 0.3) is 0 Å². The van der Waals surface area contributed by atoms with Gasteiger partial charge in [-0.1, -0.05) is 64.5 Å². The van der Waals surface area contributed by atoms with E-state index in [1.54, 1.807) is 25.1 Å². The SMILES string of the molecule is CCOC(=O)c1ccc(N2C(=O)C3Sc4c(sc(=O)n4CC(=O)Nc4cccc(C(F)(F)F)c4)C(c4cccc(Cl)c4Cl)C3C2=O)cc1. The van der Waals surface area contributed by atoms with E-state index in [0.717, 1.165) is 50.8 Å². The molecule has 3 aromatic carbocycles. The first-order valence-electron chi connectivity index (χ1n) is 14.3. The van der Waals surface area contributed by atoms with Crippen LogP contribution in [-0.4, -0.2) is 40.1 Å². The molecule has 1 N–H and O–H groups in total. The van der Waals surface area contributed by atoms with Crippen molar-refractivity contribution in [1.82, 2.24) is 4.57 Å². The van der Waals surface area contributed by atoms with E-state index in [4.69, 9.17) is 27.9 Å². The molecule has 0 radical (unpaired) electrons. The number of thiazole rings is 1. The third kappa shape index (κ3) is 6.13. The lowest BCUT2D eigenvalue weighted by Crippen LogP contribution is -2.33. The number of rotatable bonds is 7. The van der Waals surface area contributed by atoms with E-state index in [1.807, 2.05) is 0 Å². The van der Waals surface area contributed by atoms with Crippen LogP contribution in [0.5, 0.6) is 0 Å². The van der Waals surface area contributed by atoms with Gasteiger partial charge in [-0.2, -0.15) is 13.2 Å². The van der Waals surface area contributed by atoms with Gasteiger partial charge in [-0.15, -0.1) is 0 Å². The molecule has 9 nitrogen and oxygen atoms in total. The highest BCUT2D eigenvalue weighted by Gasteiger charge is 2.57. The van der Waals surface area contributed by atoms with Crippen molar-refractivity contribution in [3.05, 3.63) is 108 Å². The molecular formula is C32H22Cl2F3N3O6S2. The van der Waals surface area contributed by atoms with E-state index >= 15 is 0 Å². The van der Waals surface area contributed by atoms with Gasteiger partial charge in [-0.05, 0) is 61.0 Å². The van der Waals surface area contributed by atoms with Crippen molar-refractivity contribution >= 4 is 81.4 Å². The Morgan fingerprint density at radius 1 is 0.979 bits per heavy atom. The van der Waals surface area contributed by atoms with Gasteiger partial charge >= 0.3 is 17.0 Å². The molecule has 0 bridgehead atoms. The number of fused-ring (bicyclic) bond motifs is 2. The molecule has 3 unspecified atom stereocenters. The number of imide groups is 1. The van der Waals surface area contributed by atoms with E-state index in [9.17, 15) is 37.1 Å². The molecule has 2 aliphatic rings. The van der Waals surface area contributed by atoms with Gasteiger partial charge < -0.3 is 10.1 Å². The molecular weight excluding hydrogens is 714 g/mol. The number of amides is 3. The molecule has 1 saturated heterocycles. The summed E-state index contributed by atoms with van der Waals surface area (Å²) in [5, 5.41) is 1.88. The number of anilines is 2. The zero-order valence-corrected chi connectivity index (χ0v) is 27.7. The highest BCUT2D eigenvalue weighted by molar-refractivity contribution is 8.00. The highest BCUT2D eigenvalue weighted by Crippen LogP contribution is 2.55. The number of alkyl halides is 3. The fourth-order valence-electron chi connectivity index (χ4n) is 5.68. The Hall–Kier alpha value is -4.11. The van der Waals surface area contributed by atoms with Crippen molar-refractivity contribution in [2.75, 3.05) is 16.8 Å². The van der Waals surface area contributed by atoms with E-state index in [1.165, 1.54) is 30.3 Å². The normalized spacial score (nSPS) is 18.8. The monoisotopic (exact) mass is 735 g/mol. The number of benzene rings is 3. The smallest absolute Gasteiger partial charge is 0.416 e. The average molecular weight is 737 g/mol. The van der Waals surface area contributed by atoms with Crippen LogP contribution in [0.15, 0.2) is 76.6 Å². The Balaban J connectivity index is 1.38. The first-order chi connectivity index (χ1) is 22.8. The van der Waals surface area contributed by atoms with Gasteiger partial charge in [0.1, 0.15) is 11.8 Å². The molecule has 16 heteroatoms. The predicted octanol–water partition coefficient (Wildman–Crippen LogP) is 6.85. The fraction of sp³-hybridized carbons (Fsp3) is 0.219. The van der Waals surface area contributed by atoms with Crippen molar-refractivity contribution in [2.45, 2.75) is 35.8 Å². The van der Waals surface area contributed by atoms with Gasteiger partial charge in [0, 0.05) is 16.5 Å². The van der Waals surface area contributed by atoms with Gasteiger partial charge in [0.15, 0.2) is 0 Å². The molecule has 0 saturated carbocycles. The standard InChI is InChI=1S/C32H22Cl2F3N3O6S2/c1-2-46-30(44)15-9-11-18(12-10-15)40-27(42)23-22(19-7-4-8-20(33)24(19)34)26-29(47-25(23)28(40)43)39(31(45)48-26)14-21(41)38-17-6-3-5-16(13-17)32(35,36)37/h3-13,22-23,25H,2,14H2,1H3,(H,38,41). The van der Waals surface area contributed by atoms with E-state index in [-0.39, 0.29) is 38.6 Å². The third-order valence-corrected chi connectivity index (χ3v) is 11.2. The van der Waals surface area contributed by atoms with Crippen LogP contribution >= 0.6 is 46.3 Å². The maximum atomic E-state index is 14.1. The van der Waals surface area contributed by atoms with Gasteiger partial charge in [0.2, 0.25) is 17.7 Å². The minimum absolute atomic E-state index is 0.118. The van der Waals surface area contributed by atoms with Crippen molar-refractivity contribution in [3.8, 4) is 0 Å². The molecule has 0 spiro atoms. The lowest BCUT2D eigenvalue weighted by molar-refractivity contribution is -0.137. The lowest BCUT2D eigenvalue weighted by atomic mass is 9.83. The Bertz CT molecular complexity index is 2030. The van der Waals surface area contributed by atoms with E-state index in [2.05, 4.69) is 5.32 Å². The van der Waals surface area contributed by atoms with Crippen LogP contribution in [0.2, 0.25) is 10.0 Å². The number of ether oxygens (including phenoxy) is 1. The fourth-order valence-corrected chi connectivity index (χ4v) is 8.87. The second-order valence-electron chi connectivity index (χ2n) is 10.7. The molecule has 2 aliphatic heterocycles. The Morgan fingerprint density at radius 2 is 1.69 bits per heavy atom. The number of hydrogen-bond donors (Lipinski definition) is 1. The van der Waals surface area contributed by atoms with Crippen molar-refractivity contribution in [1.29, 1.82) is 0 Å². The minimum Gasteiger partial charge on any atom is -0.462 e. The van der Waals surface area contributed by atoms with Crippen LogP contribution < -0.4 is 15.1 Å². The minimum atomic E-state index is -4.63. The second kappa shape index (κ2) is 13.1. The number of carbonyl (C=O) groups excluding carboxylic acids is 4. The first kappa shape index (κ1) is 33.8. The topological polar surface area (TPSA) is 115 Å². The molecule has 0 aliphatic carbocycles. The Kier molecular flexibility index (Phi) is 9.20. The molecule has 1 aromatic heterocycles. The van der Waals surface area contributed by atoms with Gasteiger partial charge in [-0.25, -0.2) is 9.69 Å². The third-order valence-electron chi connectivity index (χ3n) is 7.78. The Morgan fingerprint density at radius 3 is 2.38 bits per heavy atom. The molecule has 3 amide bonds. The Labute approximate surface area is 288 Å². The van der Waals surface area contributed by atoms with Crippen LogP contribution in [-0.2, 0) is 31.8 Å². The number of nitrogens with zero attached hydrogens (tertiary/aromatic N) is 2. The summed E-state index contributed by atoms with van der Waals surface area (Å²) >= 11 is 14.7. The number of esters is 1. The number of aromatic nitrogens is 1. The van der Waals surface area contributed by atoms with Gasteiger partial charge in [-0.3, -0.25) is 23.7 Å². The van der Waals surface area contributed by atoms with Crippen molar-refractivity contribution < 1.29 is 37.1 Å². The zero-order valence-electron chi connectivity index (χ0n) is 24.5. The van der Waals surface area contributed by atoms with E-state index < -0.39 is 63.9 Å². The summed E-state index contributed by atoms with van der Waals surface area (Å²) in [4.78, 5) is 67.5. The summed E-state index contributed by atoms with van der Waals surface area (Å²) in [6.07, 6.45) is -4.63. The molecule has 3 heterocycles. The summed E-state index contributed by atoms with van der Waals surface area (Å²) in [6.45, 7) is 1.25. The molecule has 248 valence electrons. The summed E-state index contributed by atoms with van der Waals surface area (Å²) < 4.78 is 45.8. The quantitative estimate of drug-likeness (QED) is 0.163. The number of carbonyl (C=O) groups is 4. The molecule has 1 fully saturated rings. The number of nitrogens with one attached hydrogen (secondary N) is 1. The largest absolute Gasteiger partial charge is 0.462 e. The van der Waals surface area contributed by atoms with Crippen molar-refractivity contribution in [2.24, 2.45) is 5.92 Å². The van der Waals surface area contributed by atoms with Crippen LogP contribution in [0.4, 0.5) is 24.5 Å². The summed E-state index contributed by atoms with van der Waals surface area (Å²) in [6, 6.07) is 14.7. The van der Waals surface area contributed by atoms with Crippen LogP contribution in [0.1, 0.15) is 39.2 Å². The number of hydrogen-bond acceptors (Lipinski definition) is 8. The van der Waals surface area contributed by atoms with Crippen molar-refractivity contribution in [3.63, 3.8) is 0 Å². The summed E-state index contributed by atoms with van der Waals surface area (Å²) in [5.74, 6) is -4.45. The average Bonchev–Trinajstić information content (AvgIpc) is 3.48. The van der Waals surface area contributed by atoms with Crippen LogP contribution in [0.3, 0.4) is 0 Å².